The summed E-state index contributed by atoms with van der Waals surface area (Å²) in [6, 6.07) is 3.70. The molecule has 1 aromatic heterocycles. The zero-order valence-corrected chi connectivity index (χ0v) is 15.9. The van der Waals surface area contributed by atoms with Gasteiger partial charge in [0, 0.05) is 31.5 Å². The van der Waals surface area contributed by atoms with Gasteiger partial charge >= 0.3 is 0 Å². The summed E-state index contributed by atoms with van der Waals surface area (Å²) in [6.45, 7) is 3.52. The number of benzene rings is 1. The highest BCUT2D eigenvalue weighted by Crippen LogP contribution is 2.54. The summed E-state index contributed by atoms with van der Waals surface area (Å²) in [4.78, 5) is 14.4. The zero-order chi connectivity index (χ0) is 19.0. The number of hydrogen-bond acceptors (Lipinski definition) is 3. The van der Waals surface area contributed by atoms with Gasteiger partial charge in [0.05, 0.1) is 22.7 Å². The Balaban J connectivity index is 1.16. The van der Waals surface area contributed by atoms with Crippen molar-refractivity contribution in [2.45, 2.75) is 44.6 Å². The molecule has 5 rings (SSSR count). The average molecular weight is 371 g/mol. The third-order valence-corrected chi connectivity index (χ3v) is 6.93. The van der Waals surface area contributed by atoms with Gasteiger partial charge in [0.25, 0.3) is 0 Å². The van der Waals surface area contributed by atoms with E-state index in [4.69, 9.17) is 0 Å². The highest BCUT2D eigenvalue weighted by atomic mass is 19.1. The minimum atomic E-state index is -0.644. The van der Waals surface area contributed by atoms with Crippen molar-refractivity contribution < 1.29 is 14.3 Å². The van der Waals surface area contributed by atoms with Crippen molar-refractivity contribution in [1.82, 2.24) is 14.7 Å². The molecule has 144 valence electrons. The molecule has 2 aliphatic carbocycles. The number of likely N-dealkylation sites (tertiary alicyclic amines) is 1. The summed E-state index contributed by atoms with van der Waals surface area (Å²) >= 11 is 0. The van der Waals surface area contributed by atoms with Crippen molar-refractivity contribution >= 4 is 16.8 Å². The van der Waals surface area contributed by atoms with Gasteiger partial charge < -0.3 is 10.0 Å². The molecule has 3 fully saturated rings. The van der Waals surface area contributed by atoms with E-state index in [-0.39, 0.29) is 17.6 Å². The summed E-state index contributed by atoms with van der Waals surface area (Å²) in [7, 11) is 1.84. The number of aliphatic hydroxyl groups is 1. The van der Waals surface area contributed by atoms with Gasteiger partial charge in [-0.25, -0.2) is 4.39 Å². The molecule has 1 saturated heterocycles. The van der Waals surface area contributed by atoms with Crippen LogP contribution in [0.5, 0.6) is 0 Å². The van der Waals surface area contributed by atoms with E-state index in [1.807, 2.05) is 11.9 Å². The lowest BCUT2D eigenvalue weighted by Gasteiger charge is -2.60. The van der Waals surface area contributed by atoms with Crippen LogP contribution in [-0.2, 0) is 18.3 Å². The maximum absolute atomic E-state index is 14.3. The Labute approximate surface area is 158 Å². The van der Waals surface area contributed by atoms with Gasteiger partial charge in [0.1, 0.15) is 5.82 Å². The van der Waals surface area contributed by atoms with Crippen LogP contribution in [-0.4, -0.2) is 44.4 Å². The lowest BCUT2D eigenvalue weighted by molar-refractivity contribution is -0.171. The molecule has 2 aromatic rings. The number of rotatable bonds is 3. The van der Waals surface area contributed by atoms with Crippen LogP contribution in [0, 0.1) is 23.1 Å². The highest BCUT2D eigenvalue weighted by Gasteiger charge is 2.55. The SMILES string of the molecule is Cn1ncc2c(F)cc(CC3CC4(C3)CN(C(=O)[C@H]3C[C@@](C)(O)C3)C4)cc21. The Morgan fingerprint density at radius 1 is 1.30 bits per heavy atom. The summed E-state index contributed by atoms with van der Waals surface area (Å²) in [5.74, 6) is 0.611. The number of aryl methyl sites for hydroxylation is 1. The minimum absolute atomic E-state index is 0.0156. The number of hydrogen-bond donors (Lipinski definition) is 1. The van der Waals surface area contributed by atoms with Gasteiger partial charge in [0.2, 0.25) is 5.91 Å². The molecule has 6 heteroatoms. The van der Waals surface area contributed by atoms with Crippen LogP contribution in [0.1, 0.15) is 38.2 Å². The zero-order valence-electron chi connectivity index (χ0n) is 15.9. The molecular weight excluding hydrogens is 345 g/mol. The minimum Gasteiger partial charge on any atom is -0.390 e. The third kappa shape index (κ3) is 2.76. The first kappa shape index (κ1) is 17.2. The maximum Gasteiger partial charge on any atom is 0.225 e. The first-order chi connectivity index (χ1) is 12.7. The molecule has 1 spiro atoms. The molecule has 1 amide bonds. The monoisotopic (exact) mass is 371 g/mol. The molecule has 27 heavy (non-hydrogen) atoms. The number of fused-ring (bicyclic) bond motifs is 1. The van der Waals surface area contributed by atoms with Gasteiger partial charge in [-0.05, 0) is 62.6 Å². The molecule has 1 aromatic carbocycles. The van der Waals surface area contributed by atoms with E-state index in [9.17, 15) is 14.3 Å². The van der Waals surface area contributed by atoms with Gasteiger partial charge in [-0.3, -0.25) is 9.48 Å². The summed E-state index contributed by atoms with van der Waals surface area (Å²) in [5.41, 5.74) is 1.53. The predicted molar refractivity (Wildman–Crippen MR) is 99.5 cm³/mol. The topological polar surface area (TPSA) is 58.4 Å². The van der Waals surface area contributed by atoms with Gasteiger partial charge in [-0.2, -0.15) is 5.10 Å². The van der Waals surface area contributed by atoms with Crippen molar-refractivity contribution in [2.75, 3.05) is 13.1 Å². The second-order valence-corrected chi connectivity index (χ2v) is 9.55. The number of amides is 1. The van der Waals surface area contributed by atoms with Gasteiger partial charge in [-0.1, -0.05) is 0 Å². The predicted octanol–water partition coefficient (Wildman–Crippen LogP) is 2.65. The first-order valence-corrected chi connectivity index (χ1v) is 9.85. The fourth-order valence-electron chi connectivity index (χ4n) is 5.63. The molecule has 1 aliphatic heterocycles. The van der Waals surface area contributed by atoms with Crippen molar-refractivity contribution in [3.05, 3.63) is 29.7 Å². The molecule has 2 saturated carbocycles. The van der Waals surface area contributed by atoms with Gasteiger partial charge in [0.15, 0.2) is 0 Å². The van der Waals surface area contributed by atoms with Crippen molar-refractivity contribution in [1.29, 1.82) is 0 Å². The van der Waals surface area contributed by atoms with Crippen LogP contribution >= 0.6 is 0 Å². The number of aromatic nitrogens is 2. The lowest BCUT2D eigenvalue weighted by Crippen LogP contribution is -2.66. The standard InChI is InChI=1S/C21H26FN3O2/c1-20(27)8-15(9-20)19(26)25-11-21(12-25)6-14(7-21)3-13-4-17(22)16-10-23-24(2)18(16)5-13/h4-5,10,14-15,27H,3,6-9,11-12H2,1-2H3/t15-,20+. The van der Waals surface area contributed by atoms with E-state index in [1.54, 1.807) is 23.9 Å². The maximum atomic E-state index is 14.3. The molecular formula is C21H26FN3O2. The molecule has 1 N–H and O–H groups in total. The van der Waals surface area contributed by atoms with Crippen LogP contribution in [0.25, 0.3) is 10.9 Å². The number of nitrogens with zero attached hydrogens (tertiary/aromatic N) is 3. The molecule has 0 unspecified atom stereocenters. The second kappa shape index (κ2) is 5.53. The Bertz CT molecular complexity index is 913. The van der Waals surface area contributed by atoms with Gasteiger partial charge in [-0.15, -0.1) is 0 Å². The number of carbonyl (C=O) groups excluding carboxylic acids is 1. The Hall–Kier alpha value is -1.95. The molecule has 0 bridgehead atoms. The van der Waals surface area contributed by atoms with Crippen LogP contribution in [0.4, 0.5) is 4.39 Å². The van der Waals surface area contributed by atoms with Crippen LogP contribution < -0.4 is 0 Å². The Morgan fingerprint density at radius 2 is 2.00 bits per heavy atom. The smallest absolute Gasteiger partial charge is 0.225 e. The quantitative estimate of drug-likeness (QED) is 0.902. The Morgan fingerprint density at radius 3 is 2.67 bits per heavy atom. The highest BCUT2D eigenvalue weighted by molar-refractivity contribution is 5.81. The van der Waals surface area contributed by atoms with Crippen molar-refractivity contribution in [2.24, 2.45) is 24.3 Å². The van der Waals surface area contributed by atoms with Crippen LogP contribution in [0.3, 0.4) is 0 Å². The third-order valence-electron chi connectivity index (χ3n) is 6.93. The molecule has 3 aliphatic rings. The van der Waals surface area contributed by atoms with E-state index in [0.717, 1.165) is 43.4 Å². The van der Waals surface area contributed by atoms with E-state index < -0.39 is 5.60 Å². The summed E-state index contributed by atoms with van der Waals surface area (Å²) in [6.07, 6.45) is 5.89. The fourth-order valence-corrected chi connectivity index (χ4v) is 5.63. The lowest BCUT2D eigenvalue weighted by atomic mass is 9.56. The molecule has 5 nitrogen and oxygen atoms in total. The van der Waals surface area contributed by atoms with E-state index in [2.05, 4.69) is 11.2 Å². The fraction of sp³-hybridized carbons (Fsp3) is 0.619. The van der Waals surface area contributed by atoms with Crippen LogP contribution in [0.2, 0.25) is 0 Å². The van der Waals surface area contributed by atoms with Crippen molar-refractivity contribution in [3.8, 4) is 0 Å². The second-order valence-electron chi connectivity index (χ2n) is 9.55. The summed E-state index contributed by atoms with van der Waals surface area (Å²) in [5, 5.41) is 14.5. The number of halogens is 1. The van der Waals surface area contributed by atoms with E-state index >= 15 is 0 Å². The average Bonchev–Trinajstić information content (AvgIpc) is 2.87. The van der Waals surface area contributed by atoms with E-state index in [0.29, 0.717) is 29.6 Å². The van der Waals surface area contributed by atoms with Crippen LogP contribution in [0.15, 0.2) is 18.3 Å². The first-order valence-electron chi connectivity index (χ1n) is 9.85. The normalized spacial score (nSPS) is 29.5. The number of carbonyl (C=O) groups is 1. The molecule has 0 radical (unpaired) electrons. The Kier molecular flexibility index (Phi) is 3.52. The van der Waals surface area contributed by atoms with Crippen molar-refractivity contribution in [3.63, 3.8) is 0 Å². The summed E-state index contributed by atoms with van der Waals surface area (Å²) < 4.78 is 16.0. The van der Waals surface area contributed by atoms with E-state index in [1.165, 1.54) is 0 Å². The molecule has 2 heterocycles. The largest absolute Gasteiger partial charge is 0.390 e. The molecule has 0 atom stereocenters.